The number of nitrogens with zero attached hydrogens (tertiary/aromatic N) is 2. The molecule has 1 aliphatic rings. The number of rotatable bonds is 2. The summed E-state index contributed by atoms with van der Waals surface area (Å²) in [6.07, 6.45) is 2.67. The van der Waals surface area contributed by atoms with Gasteiger partial charge in [0.25, 0.3) is 6.01 Å². The second kappa shape index (κ2) is 3.28. The van der Waals surface area contributed by atoms with Gasteiger partial charge in [-0.15, -0.1) is 0 Å². The van der Waals surface area contributed by atoms with Gasteiger partial charge >= 0.3 is 0 Å². The highest BCUT2D eigenvalue weighted by molar-refractivity contribution is 5.29. The van der Waals surface area contributed by atoms with E-state index in [1.54, 1.807) is 0 Å². The number of hydrogen-bond donors (Lipinski definition) is 1. The molecule has 0 amide bonds. The predicted molar refractivity (Wildman–Crippen MR) is 53.0 cm³/mol. The smallest absolute Gasteiger partial charge is 0.297 e. The molecule has 0 atom stereocenters. The highest BCUT2D eigenvalue weighted by Crippen LogP contribution is 2.31. The number of aliphatic hydroxyl groups excluding tert-OH is 1. The van der Waals surface area contributed by atoms with Crippen molar-refractivity contribution in [1.82, 2.24) is 4.98 Å². The molecule has 1 aromatic rings. The van der Waals surface area contributed by atoms with Gasteiger partial charge in [0.15, 0.2) is 0 Å². The normalized spacial score (nSPS) is 20.4. The molecule has 4 nitrogen and oxygen atoms in total. The van der Waals surface area contributed by atoms with Crippen LogP contribution in [0.1, 0.15) is 26.0 Å². The molecule has 1 N–H and O–H groups in total. The van der Waals surface area contributed by atoms with Gasteiger partial charge in [0, 0.05) is 13.1 Å². The maximum Gasteiger partial charge on any atom is 0.297 e. The van der Waals surface area contributed by atoms with Crippen LogP contribution in [-0.2, 0) is 6.61 Å². The minimum absolute atomic E-state index is 0.0548. The summed E-state index contributed by atoms with van der Waals surface area (Å²) < 4.78 is 5.29. The molecule has 14 heavy (non-hydrogen) atoms. The van der Waals surface area contributed by atoms with Crippen LogP contribution in [0.5, 0.6) is 0 Å². The van der Waals surface area contributed by atoms with E-state index < -0.39 is 0 Å². The molecule has 0 unspecified atom stereocenters. The van der Waals surface area contributed by atoms with E-state index in [0.717, 1.165) is 19.5 Å². The summed E-state index contributed by atoms with van der Waals surface area (Å²) in [5, 5.41) is 8.86. The lowest BCUT2D eigenvalue weighted by Gasteiger charge is -2.17. The third-order valence-electron chi connectivity index (χ3n) is 2.65. The lowest BCUT2D eigenvalue weighted by molar-refractivity contribution is 0.276. The number of anilines is 1. The monoisotopic (exact) mass is 196 g/mol. The molecule has 0 bridgehead atoms. The van der Waals surface area contributed by atoms with E-state index in [-0.39, 0.29) is 6.61 Å². The molecule has 2 rings (SSSR count). The first-order valence-corrected chi connectivity index (χ1v) is 4.91. The van der Waals surface area contributed by atoms with Gasteiger partial charge in [0.05, 0.1) is 6.61 Å². The van der Waals surface area contributed by atoms with E-state index in [1.165, 1.54) is 6.26 Å². The number of oxazole rings is 1. The van der Waals surface area contributed by atoms with Gasteiger partial charge in [-0.05, 0) is 11.8 Å². The molecule has 78 valence electrons. The van der Waals surface area contributed by atoms with E-state index >= 15 is 0 Å². The van der Waals surface area contributed by atoms with Gasteiger partial charge in [0.2, 0.25) is 0 Å². The fourth-order valence-corrected chi connectivity index (χ4v) is 1.79. The summed E-state index contributed by atoms with van der Waals surface area (Å²) in [6.45, 7) is 6.38. The SMILES string of the molecule is CC1(C)CCN(c2nc(CO)co2)C1. The van der Waals surface area contributed by atoms with Crippen LogP contribution in [0.4, 0.5) is 6.01 Å². The summed E-state index contributed by atoms with van der Waals surface area (Å²) in [6, 6.07) is 0.639. The Kier molecular flexibility index (Phi) is 2.23. The van der Waals surface area contributed by atoms with Crippen molar-refractivity contribution in [2.75, 3.05) is 18.0 Å². The summed E-state index contributed by atoms with van der Waals surface area (Å²) in [4.78, 5) is 6.31. The van der Waals surface area contributed by atoms with Crippen molar-refractivity contribution >= 4 is 6.01 Å². The lowest BCUT2D eigenvalue weighted by Crippen LogP contribution is -2.22. The number of hydrogen-bond acceptors (Lipinski definition) is 4. The Bertz CT molecular complexity index is 320. The van der Waals surface area contributed by atoms with Crippen LogP contribution in [0.25, 0.3) is 0 Å². The molecular weight excluding hydrogens is 180 g/mol. The minimum Gasteiger partial charge on any atom is -0.432 e. The van der Waals surface area contributed by atoms with Crippen LogP contribution in [0.3, 0.4) is 0 Å². The molecule has 2 heterocycles. The molecule has 1 saturated heterocycles. The maximum absolute atomic E-state index is 8.86. The van der Waals surface area contributed by atoms with Gasteiger partial charge in [-0.3, -0.25) is 0 Å². The fourth-order valence-electron chi connectivity index (χ4n) is 1.79. The van der Waals surface area contributed by atoms with E-state index in [0.29, 0.717) is 17.1 Å². The number of aliphatic hydroxyl groups is 1. The van der Waals surface area contributed by atoms with Crippen molar-refractivity contribution < 1.29 is 9.52 Å². The van der Waals surface area contributed by atoms with Gasteiger partial charge < -0.3 is 14.4 Å². The first-order valence-electron chi connectivity index (χ1n) is 4.91. The fraction of sp³-hybridized carbons (Fsp3) is 0.700. The van der Waals surface area contributed by atoms with Crippen molar-refractivity contribution in [3.8, 4) is 0 Å². The zero-order valence-corrected chi connectivity index (χ0v) is 8.66. The second-order valence-corrected chi connectivity index (χ2v) is 4.62. The molecule has 4 heteroatoms. The Labute approximate surface area is 83.5 Å². The number of aromatic nitrogens is 1. The summed E-state index contributed by atoms with van der Waals surface area (Å²) in [5.74, 6) is 0. The van der Waals surface area contributed by atoms with E-state index in [4.69, 9.17) is 9.52 Å². The Balaban J connectivity index is 2.09. The average molecular weight is 196 g/mol. The standard InChI is InChI=1S/C10H16N2O2/c1-10(2)3-4-12(7-10)9-11-8(5-13)6-14-9/h6,13H,3-5,7H2,1-2H3. The second-order valence-electron chi connectivity index (χ2n) is 4.62. The molecule has 0 aromatic carbocycles. The quantitative estimate of drug-likeness (QED) is 0.776. The van der Waals surface area contributed by atoms with E-state index in [1.807, 2.05) is 0 Å². The molecule has 1 aromatic heterocycles. The summed E-state index contributed by atoms with van der Waals surface area (Å²) in [7, 11) is 0. The molecule has 0 radical (unpaired) electrons. The first kappa shape index (κ1) is 9.52. The average Bonchev–Trinajstić information content (AvgIpc) is 2.70. The van der Waals surface area contributed by atoms with E-state index in [9.17, 15) is 0 Å². The zero-order chi connectivity index (χ0) is 10.2. The van der Waals surface area contributed by atoms with Gasteiger partial charge in [0.1, 0.15) is 12.0 Å². The largest absolute Gasteiger partial charge is 0.432 e. The summed E-state index contributed by atoms with van der Waals surface area (Å²) >= 11 is 0. The van der Waals surface area contributed by atoms with Gasteiger partial charge in [-0.1, -0.05) is 13.8 Å². The Morgan fingerprint density at radius 3 is 2.93 bits per heavy atom. The Morgan fingerprint density at radius 1 is 1.64 bits per heavy atom. The highest BCUT2D eigenvalue weighted by atomic mass is 16.4. The van der Waals surface area contributed by atoms with Crippen molar-refractivity contribution in [2.24, 2.45) is 5.41 Å². The lowest BCUT2D eigenvalue weighted by atomic mass is 9.93. The van der Waals surface area contributed by atoms with Crippen LogP contribution < -0.4 is 4.90 Å². The minimum atomic E-state index is -0.0548. The van der Waals surface area contributed by atoms with Crippen molar-refractivity contribution in [1.29, 1.82) is 0 Å². The van der Waals surface area contributed by atoms with Crippen molar-refractivity contribution in [2.45, 2.75) is 26.9 Å². The van der Waals surface area contributed by atoms with Crippen LogP contribution >= 0.6 is 0 Å². The zero-order valence-electron chi connectivity index (χ0n) is 8.66. The van der Waals surface area contributed by atoms with Crippen LogP contribution in [-0.4, -0.2) is 23.2 Å². The third kappa shape index (κ3) is 1.75. The van der Waals surface area contributed by atoms with Crippen LogP contribution in [0.2, 0.25) is 0 Å². The van der Waals surface area contributed by atoms with Gasteiger partial charge in [-0.2, -0.15) is 4.98 Å². The van der Waals surface area contributed by atoms with E-state index in [2.05, 4.69) is 23.7 Å². The Morgan fingerprint density at radius 2 is 2.43 bits per heavy atom. The predicted octanol–water partition coefficient (Wildman–Crippen LogP) is 1.40. The van der Waals surface area contributed by atoms with Crippen molar-refractivity contribution in [3.63, 3.8) is 0 Å². The third-order valence-corrected chi connectivity index (χ3v) is 2.65. The molecule has 1 fully saturated rings. The molecular formula is C10H16N2O2. The topological polar surface area (TPSA) is 49.5 Å². The van der Waals surface area contributed by atoms with Crippen molar-refractivity contribution in [3.05, 3.63) is 12.0 Å². The van der Waals surface area contributed by atoms with Gasteiger partial charge in [-0.25, -0.2) is 0 Å². The molecule has 0 spiro atoms. The summed E-state index contributed by atoms with van der Waals surface area (Å²) in [5.41, 5.74) is 0.943. The highest BCUT2D eigenvalue weighted by Gasteiger charge is 2.31. The molecule has 0 saturated carbocycles. The Hall–Kier alpha value is -1.03. The first-order chi connectivity index (χ1) is 6.61. The molecule has 1 aliphatic heterocycles. The molecule has 0 aliphatic carbocycles. The van der Waals surface area contributed by atoms with Crippen LogP contribution in [0, 0.1) is 5.41 Å². The maximum atomic E-state index is 8.86. The van der Waals surface area contributed by atoms with Crippen LogP contribution in [0.15, 0.2) is 10.7 Å².